The highest BCUT2D eigenvalue weighted by Crippen LogP contribution is 2.16. The maximum atomic E-state index is 11.3. The summed E-state index contributed by atoms with van der Waals surface area (Å²) in [6.45, 7) is 4.20. The van der Waals surface area contributed by atoms with Gasteiger partial charge < -0.3 is 10.2 Å². The summed E-state index contributed by atoms with van der Waals surface area (Å²) in [5.41, 5.74) is 0.734. The largest absolute Gasteiger partial charge is 0.369 e. The molecule has 0 bridgehead atoms. The Morgan fingerprint density at radius 2 is 2.37 bits per heavy atom. The lowest BCUT2D eigenvalue weighted by molar-refractivity contribution is -0.133. The number of amides is 1. The molecule has 2 aliphatic rings. The Kier molecular flexibility index (Phi) is 4.48. The maximum Gasteiger partial charge on any atom is 0.317 e. The second-order valence-electron chi connectivity index (χ2n) is 4.59. The van der Waals surface area contributed by atoms with Crippen molar-refractivity contribution in [2.45, 2.75) is 25.8 Å². The van der Waals surface area contributed by atoms with Crippen molar-refractivity contribution in [2.75, 3.05) is 19.6 Å². The van der Waals surface area contributed by atoms with Gasteiger partial charge in [0.1, 0.15) is 0 Å². The van der Waals surface area contributed by atoms with Gasteiger partial charge in [-0.1, -0.05) is 5.92 Å². The minimum atomic E-state index is -0.686. The minimum absolute atomic E-state index is 0.358. The molecular formula is C14H17N3O2. The van der Waals surface area contributed by atoms with Gasteiger partial charge in [-0.15, -0.1) is 5.92 Å². The minimum Gasteiger partial charge on any atom is -0.369 e. The number of nitrogens with one attached hydrogen (secondary N) is 1. The Balaban J connectivity index is 1.95. The molecule has 19 heavy (non-hydrogen) atoms. The summed E-state index contributed by atoms with van der Waals surface area (Å²) in [7, 11) is 0. The summed E-state index contributed by atoms with van der Waals surface area (Å²) in [4.78, 5) is 28.1. The van der Waals surface area contributed by atoms with E-state index in [1.54, 1.807) is 0 Å². The van der Waals surface area contributed by atoms with E-state index < -0.39 is 11.7 Å². The zero-order valence-electron chi connectivity index (χ0n) is 11.0. The number of likely N-dealkylation sites (tertiary alicyclic amines) is 1. The summed E-state index contributed by atoms with van der Waals surface area (Å²) in [5, 5.41) is 3.37. The maximum absolute atomic E-state index is 11.3. The van der Waals surface area contributed by atoms with Gasteiger partial charge in [-0.05, 0) is 19.8 Å². The van der Waals surface area contributed by atoms with Crippen molar-refractivity contribution in [3.8, 4) is 11.8 Å². The van der Waals surface area contributed by atoms with E-state index >= 15 is 0 Å². The number of hydrogen-bond acceptors (Lipinski definition) is 4. The number of carbonyl (C=O) groups is 2. The van der Waals surface area contributed by atoms with Crippen molar-refractivity contribution in [2.24, 2.45) is 4.99 Å². The lowest BCUT2D eigenvalue weighted by Gasteiger charge is -2.35. The van der Waals surface area contributed by atoms with Crippen molar-refractivity contribution >= 4 is 17.9 Å². The van der Waals surface area contributed by atoms with E-state index in [1.807, 2.05) is 6.92 Å². The van der Waals surface area contributed by atoms with Gasteiger partial charge in [0.05, 0.1) is 18.5 Å². The molecule has 1 amide bonds. The molecule has 1 saturated heterocycles. The third-order valence-corrected chi connectivity index (χ3v) is 3.25. The van der Waals surface area contributed by atoms with Gasteiger partial charge >= 0.3 is 5.91 Å². The van der Waals surface area contributed by atoms with Crippen LogP contribution in [-0.2, 0) is 9.59 Å². The quantitative estimate of drug-likeness (QED) is 0.578. The first-order valence-corrected chi connectivity index (χ1v) is 6.42. The highest BCUT2D eigenvalue weighted by Gasteiger charge is 2.23. The molecule has 0 unspecified atom stereocenters. The number of ketones is 1. The van der Waals surface area contributed by atoms with E-state index in [0.29, 0.717) is 12.6 Å². The number of rotatable bonds is 3. The highest BCUT2D eigenvalue weighted by molar-refractivity contribution is 6.44. The Hall–Kier alpha value is -1.93. The molecule has 0 aromatic carbocycles. The van der Waals surface area contributed by atoms with Crippen molar-refractivity contribution in [1.29, 1.82) is 0 Å². The van der Waals surface area contributed by atoms with Gasteiger partial charge in [-0.3, -0.25) is 9.59 Å². The van der Waals surface area contributed by atoms with Crippen LogP contribution in [0.3, 0.4) is 0 Å². The summed E-state index contributed by atoms with van der Waals surface area (Å²) < 4.78 is 0. The van der Waals surface area contributed by atoms with Crippen LogP contribution in [0.15, 0.2) is 16.8 Å². The van der Waals surface area contributed by atoms with Gasteiger partial charge in [0.2, 0.25) is 5.78 Å². The lowest BCUT2D eigenvalue weighted by atomic mass is 10.0. The molecule has 2 aliphatic heterocycles. The van der Waals surface area contributed by atoms with Crippen LogP contribution < -0.4 is 5.32 Å². The molecule has 1 fully saturated rings. The van der Waals surface area contributed by atoms with Crippen molar-refractivity contribution in [3.63, 3.8) is 0 Å². The number of hydrogen-bond donors (Lipinski definition) is 1. The van der Waals surface area contributed by atoms with Crippen molar-refractivity contribution in [1.82, 2.24) is 10.2 Å². The van der Waals surface area contributed by atoms with Crippen molar-refractivity contribution < 1.29 is 9.59 Å². The van der Waals surface area contributed by atoms with E-state index in [9.17, 15) is 9.59 Å². The second-order valence-corrected chi connectivity index (χ2v) is 4.59. The van der Waals surface area contributed by atoms with E-state index in [4.69, 9.17) is 0 Å². The number of piperidine rings is 1. The number of dihydropyridines is 1. The molecule has 5 nitrogen and oxygen atoms in total. The van der Waals surface area contributed by atoms with E-state index in [0.717, 1.165) is 31.6 Å². The first-order valence-electron chi connectivity index (χ1n) is 6.42. The number of aliphatic imine (C=N–C) groups is 1. The van der Waals surface area contributed by atoms with Crippen molar-refractivity contribution in [3.05, 3.63) is 11.8 Å². The van der Waals surface area contributed by atoms with Gasteiger partial charge in [0, 0.05) is 25.2 Å². The average Bonchev–Trinajstić information content (AvgIpc) is 2.43. The first-order chi connectivity index (χ1) is 9.20. The molecular weight excluding hydrogens is 242 g/mol. The molecule has 0 radical (unpaired) electrons. The van der Waals surface area contributed by atoms with Crippen LogP contribution in [0.5, 0.6) is 0 Å². The molecule has 5 heteroatoms. The molecule has 1 atom stereocenters. The lowest BCUT2D eigenvalue weighted by Crippen LogP contribution is -2.46. The molecule has 2 heterocycles. The van der Waals surface area contributed by atoms with Crippen LogP contribution in [-0.4, -0.2) is 48.5 Å². The SMILES string of the molecule is CC#CCN[C@H]1CCCN(C2=CC(=O)C(=O)N=C2)C1. The standard InChI is InChI=1S/C14H17N3O2/c1-2-3-6-15-11-5-4-7-17(10-11)12-8-13(18)14(19)16-9-12/h8-9,11,15H,4-7,10H2,1H3/t11-/m0/s1. The predicted octanol–water partition coefficient (Wildman–Crippen LogP) is 0.128. The fourth-order valence-corrected chi connectivity index (χ4v) is 2.26. The Morgan fingerprint density at radius 3 is 3.11 bits per heavy atom. The fourth-order valence-electron chi connectivity index (χ4n) is 2.26. The van der Waals surface area contributed by atoms with Gasteiger partial charge in [0.25, 0.3) is 0 Å². The summed E-state index contributed by atoms with van der Waals surface area (Å²) in [6, 6.07) is 0.358. The number of nitrogens with zero attached hydrogens (tertiary/aromatic N) is 2. The molecule has 0 aromatic rings. The molecule has 0 aromatic heterocycles. The summed E-state index contributed by atoms with van der Waals surface area (Å²) in [5.74, 6) is 4.61. The smallest absolute Gasteiger partial charge is 0.317 e. The van der Waals surface area contributed by atoms with E-state index in [1.165, 1.54) is 12.3 Å². The monoisotopic (exact) mass is 259 g/mol. The third kappa shape index (κ3) is 3.52. The zero-order chi connectivity index (χ0) is 13.7. The molecule has 1 N–H and O–H groups in total. The van der Waals surface area contributed by atoms with Gasteiger partial charge in [-0.25, -0.2) is 4.99 Å². The van der Waals surface area contributed by atoms with Crippen LogP contribution in [0, 0.1) is 11.8 Å². The highest BCUT2D eigenvalue weighted by atomic mass is 16.2. The fraction of sp³-hybridized carbons (Fsp3) is 0.500. The van der Waals surface area contributed by atoms with E-state index in [2.05, 4.69) is 27.0 Å². The molecule has 0 spiro atoms. The third-order valence-electron chi connectivity index (χ3n) is 3.25. The molecule has 0 aliphatic carbocycles. The number of carbonyl (C=O) groups excluding carboxylic acids is 2. The topological polar surface area (TPSA) is 61.8 Å². The predicted molar refractivity (Wildman–Crippen MR) is 72.6 cm³/mol. The normalized spacial score (nSPS) is 22.9. The summed E-state index contributed by atoms with van der Waals surface area (Å²) >= 11 is 0. The van der Waals surface area contributed by atoms with Crippen LogP contribution in [0.4, 0.5) is 0 Å². The zero-order valence-corrected chi connectivity index (χ0v) is 11.0. The van der Waals surface area contributed by atoms with Gasteiger partial charge in [0.15, 0.2) is 0 Å². The Bertz CT molecular complexity index is 497. The first kappa shape index (κ1) is 13.5. The van der Waals surface area contributed by atoms with E-state index in [-0.39, 0.29) is 0 Å². The van der Waals surface area contributed by atoms with Crippen LogP contribution in [0.25, 0.3) is 0 Å². The Morgan fingerprint density at radius 1 is 1.53 bits per heavy atom. The van der Waals surface area contributed by atoms with Crippen LogP contribution in [0.2, 0.25) is 0 Å². The van der Waals surface area contributed by atoms with Crippen LogP contribution in [0.1, 0.15) is 19.8 Å². The van der Waals surface area contributed by atoms with Gasteiger partial charge in [-0.2, -0.15) is 0 Å². The molecule has 0 saturated carbocycles. The summed E-state index contributed by atoms with van der Waals surface area (Å²) in [6.07, 6.45) is 5.01. The van der Waals surface area contributed by atoms with Crippen LogP contribution >= 0.6 is 0 Å². The Labute approximate surface area is 112 Å². The second kappa shape index (κ2) is 6.30. The number of allylic oxidation sites excluding steroid dienone is 1. The molecule has 2 rings (SSSR count). The molecule has 100 valence electrons. The average molecular weight is 259 g/mol.